The van der Waals surface area contributed by atoms with Crippen molar-refractivity contribution >= 4 is 17.6 Å². The molecular formula is C17H23N3O3. The number of amides is 3. The van der Waals surface area contributed by atoms with Crippen molar-refractivity contribution < 1.29 is 14.7 Å². The summed E-state index contributed by atoms with van der Waals surface area (Å²) in [7, 11) is 0. The molecule has 0 aromatic heterocycles. The van der Waals surface area contributed by atoms with Gasteiger partial charge in [-0.3, -0.25) is 4.79 Å². The van der Waals surface area contributed by atoms with Gasteiger partial charge in [0.1, 0.15) is 0 Å². The lowest BCUT2D eigenvalue weighted by Crippen LogP contribution is -2.40. The summed E-state index contributed by atoms with van der Waals surface area (Å²) in [6, 6.07) is 7.08. The van der Waals surface area contributed by atoms with Gasteiger partial charge in [-0.15, -0.1) is 0 Å². The predicted octanol–water partition coefficient (Wildman–Crippen LogP) is 2.00. The Labute approximate surface area is 135 Å². The fourth-order valence-electron chi connectivity index (χ4n) is 2.81. The maximum absolute atomic E-state index is 12.0. The quantitative estimate of drug-likeness (QED) is 0.684. The zero-order valence-corrected chi connectivity index (χ0v) is 13.0. The molecule has 0 unspecified atom stereocenters. The van der Waals surface area contributed by atoms with Gasteiger partial charge < -0.3 is 21.1 Å². The molecule has 3 rings (SSSR count). The van der Waals surface area contributed by atoms with Crippen molar-refractivity contribution in [2.24, 2.45) is 0 Å². The van der Waals surface area contributed by atoms with Crippen molar-refractivity contribution in [3.63, 3.8) is 0 Å². The van der Waals surface area contributed by atoms with Crippen LogP contribution in [0.2, 0.25) is 0 Å². The maximum Gasteiger partial charge on any atom is 0.319 e. The van der Waals surface area contributed by atoms with E-state index in [2.05, 4.69) is 16.0 Å². The summed E-state index contributed by atoms with van der Waals surface area (Å²) in [4.78, 5) is 24.1. The van der Waals surface area contributed by atoms with Crippen LogP contribution in [-0.4, -0.2) is 35.2 Å². The molecular weight excluding hydrogens is 294 g/mol. The number of benzene rings is 1. The van der Waals surface area contributed by atoms with E-state index in [9.17, 15) is 14.7 Å². The Bertz CT molecular complexity index is 578. The number of rotatable bonds is 4. The van der Waals surface area contributed by atoms with Crippen molar-refractivity contribution in [2.45, 2.75) is 56.7 Å². The van der Waals surface area contributed by atoms with Gasteiger partial charge in [0.25, 0.3) is 5.91 Å². The summed E-state index contributed by atoms with van der Waals surface area (Å²) < 4.78 is 0. The summed E-state index contributed by atoms with van der Waals surface area (Å²) in [6.07, 6.45) is 4.88. The average Bonchev–Trinajstić information content (AvgIpc) is 3.34. The van der Waals surface area contributed by atoms with Crippen molar-refractivity contribution in [3.05, 3.63) is 29.8 Å². The fraction of sp³-hybridized carbons (Fsp3) is 0.529. The van der Waals surface area contributed by atoms with Gasteiger partial charge in [-0.25, -0.2) is 4.79 Å². The van der Waals surface area contributed by atoms with Crippen LogP contribution in [0.1, 0.15) is 48.9 Å². The number of hydrogen-bond acceptors (Lipinski definition) is 3. The summed E-state index contributed by atoms with van der Waals surface area (Å²) in [5, 5.41) is 18.1. The number of aliphatic hydroxyl groups excluding tert-OH is 1. The Morgan fingerprint density at radius 1 is 0.957 bits per heavy atom. The number of carbonyl (C=O) groups excluding carboxylic acids is 2. The highest BCUT2D eigenvalue weighted by Gasteiger charge is 2.24. The van der Waals surface area contributed by atoms with Gasteiger partial charge in [-0.05, 0) is 56.7 Å². The molecule has 2 aliphatic rings. The minimum atomic E-state index is -0.272. The Kier molecular flexibility index (Phi) is 4.81. The van der Waals surface area contributed by atoms with Crippen LogP contribution in [0.4, 0.5) is 10.5 Å². The minimum absolute atomic E-state index is 0.0970. The van der Waals surface area contributed by atoms with Gasteiger partial charge in [0.2, 0.25) is 0 Å². The van der Waals surface area contributed by atoms with E-state index < -0.39 is 0 Å². The van der Waals surface area contributed by atoms with Gasteiger partial charge in [0, 0.05) is 23.3 Å². The molecule has 1 aromatic rings. The van der Waals surface area contributed by atoms with Gasteiger partial charge in [-0.1, -0.05) is 6.07 Å². The molecule has 4 N–H and O–H groups in total. The lowest BCUT2D eigenvalue weighted by atomic mass is 9.93. The summed E-state index contributed by atoms with van der Waals surface area (Å²) in [6.45, 7) is 0. The molecule has 0 atom stereocenters. The van der Waals surface area contributed by atoms with Crippen molar-refractivity contribution in [2.75, 3.05) is 5.32 Å². The Morgan fingerprint density at radius 2 is 1.61 bits per heavy atom. The zero-order valence-electron chi connectivity index (χ0n) is 13.0. The van der Waals surface area contributed by atoms with Crippen molar-refractivity contribution in [3.8, 4) is 0 Å². The van der Waals surface area contributed by atoms with E-state index in [1.165, 1.54) is 0 Å². The molecule has 0 saturated heterocycles. The minimum Gasteiger partial charge on any atom is -0.393 e. The standard InChI is InChI=1S/C17H23N3O3/c21-15-8-6-13(7-9-15)19-17(23)20-14-3-1-2-11(10-14)16(22)18-12-4-5-12/h1-3,10,12-13,15,21H,4-9H2,(H,18,22)(H2,19,20,23). The van der Waals surface area contributed by atoms with Crippen LogP contribution in [0.3, 0.4) is 0 Å². The van der Waals surface area contributed by atoms with E-state index in [1.54, 1.807) is 24.3 Å². The first-order valence-corrected chi connectivity index (χ1v) is 8.26. The molecule has 0 spiro atoms. The first-order valence-electron chi connectivity index (χ1n) is 8.26. The van der Waals surface area contributed by atoms with Gasteiger partial charge in [0.05, 0.1) is 6.10 Å². The molecule has 23 heavy (non-hydrogen) atoms. The number of carbonyl (C=O) groups is 2. The predicted molar refractivity (Wildman–Crippen MR) is 87.3 cm³/mol. The second kappa shape index (κ2) is 7.00. The second-order valence-corrected chi connectivity index (χ2v) is 6.43. The molecule has 6 heteroatoms. The van der Waals surface area contributed by atoms with E-state index in [-0.39, 0.29) is 24.1 Å². The molecule has 0 aliphatic heterocycles. The Hall–Kier alpha value is -2.08. The van der Waals surface area contributed by atoms with Crippen LogP contribution in [0.25, 0.3) is 0 Å². The molecule has 0 bridgehead atoms. The first kappa shape index (κ1) is 15.8. The van der Waals surface area contributed by atoms with Crippen LogP contribution in [0, 0.1) is 0 Å². The molecule has 0 radical (unpaired) electrons. The highest BCUT2D eigenvalue weighted by atomic mass is 16.3. The molecule has 0 heterocycles. The van der Waals surface area contributed by atoms with Gasteiger partial charge in [-0.2, -0.15) is 0 Å². The third kappa shape index (κ3) is 4.69. The van der Waals surface area contributed by atoms with E-state index in [0.29, 0.717) is 17.3 Å². The third-order valence-corrected chi connectivity index (χ3v) is 4.33. The summed E-state index contributed by atoms with van der Waals surface area (Å²) in [5.41, 5.74) is 1.15. The molecule has 2 fully saturated rings. The molecule has 2 saturated carbocycles. The fourth-order valence-corrected chi connectivity index (χ4v) is 2.81. The highest BCUT2D eigenvalue weighted by molar-refractivity contribution is 5.97. The van der Waals surface area contributed by atoms with Gasteiger partial charge >= 0.3 is 6.03 Å². The smallest absolute Gasteiger partial charge is 0.319 e. The molecule has 1 aromatic carbocycles. The van der Waals surface area contributed by atoms with Crippen LogP contribution in [0.5, 0.6) is 0 Å². The second-order valence-electron chi connectivity index (χ2n) is 6.43. The molecule has 2 aliphatic carbocycles. The van der Waals surface area contributed by atoms with Crippen molar-refractivity contribution in [1.82, 2.24) is 10.6 Å². The van der Waals surface area contributed by atoms with Crippen molar-refractivity contribution in [1.29, 1.82) is 0 Å². The maximum atomic E-state index is 12.0. The molecule has 3 amide bonds. The SMILES string of the molecule is O=C(Nc1cccc(C(=O)NC2CC2)c1)NC1CCC(O)CC1. The van der Waals surface area contributed by atoms with Gasteiger partial charge in [0.15, 0.2) is 0 Å². The topological polar surface area (TPSA) is 90.5 Å². The highest BCUT2D eigenvalue weighted by Crippen LogP contribution is 2.20. The number of aliphatic hydroxyl groups is 1. The zero-order chi connectivity index (χ0) is 16.2. The lowest BCUT2D eigenvalue weighted by Gasteiger charge is -2.26. The summed E-state index contributed by atoms with van der Waals surface area (Å²) >= 11 is 0. The lowest BCUT2D eigenvalue weighted by molar-refractivity contribution is 0.0951. The number of urea groups is 1. The number of nitrogens with one attached hydrogen (secondary N) is 3. The third-order valence-electron chi connectivity index (χ3n) is 4.33. The van der Waals surface area contributed by atoms with E-state index in [1.807, 2.05) is 0 Å². The van der Waals surface area contributed by atoms with Crippen LogP contribution in [0.15, 0.2) is 24.3 Å². The van der Waals surface area contributed by atoms with E-state index in [0.717, 1.165) is 38.5 Å². The number of anilines is 1. The average molecular weight is 317 g/mol. The van der Waals surface area contributed by atoms with E-state index in [4.69, 9.17) is 0 Å². The Morgan fingerprint density at radius 3 is 2.30 bits per heavy atom. The molecule has 6 nitrogen and oxygen atoms in total. The van der Waals surface area contributed by atoms with E-state index >= 15 is 0 Å². The first-order chi connectivity index (χ1) is 11.1. The largest absolute Gasteiger partial charge is 0.393 e. The van der Waals surface area contributed by atoms with Crippen LogP contribution >= 0.6 is 0 Å². The number of hydrogen-bond donors (Lipinski definition) is 4. The molecule has 124 valence electrons. The Balaban J connectivity index is 1.52. The normalized spacial score (nSPS) is 23.9. The summed E-state index contributed by atoms with van der Waals surface area (Å²) in [5.74, 6) is -0.0992. The van der Waals surface area contributed by atoms with Crippen LogP contribution < -0.4 is 16.0 Å². The van der Waals surface area contributed by atoms with Crippen LogP contribution in [-0.2, 0) is 0 Å². The monoisotopic (exact) mass is 317 g/mol.